The minimum Gasteiger partial charge on any atom is -0.325 e. The zero-order valence-electron chi connectivity index (χ0n) is 18.1. The minimum absolute atomic E-state index is 0.00234. The lowest BCUT2D eigenvalue weighted by molar-refractivity contribution is -0.120. The third-order valence-electron chi connectivity index (χ3n) is 5.69. The monoisotopic (exact) mass is 494 g/mol. The molecular formula is C25H23ClN4OS2. The number of halogens is 1. The Bertz CT molecular complexity index is 1280. The topological polar surface area (TPSA) is 58.1 Å². The van der Waals surface area contributed by atoms with Gasteiger partial charge in [0.15, 0.2) is 0 Å². The normalized spacial score (nSPS) is 18.6. The van der Waals surface area contributed by atoms with Crippen LogP contribution in [0.2, 0.25) is 5.02 Å². The number of pyridine rings is 1. The molecular weight excluding hydrogens is 472 g/mol. The van der Waals surface area contributed by atoms with Gasteiger partial charge in [-0.3, -0.25) is 9.69 Å². The fourth-order valence-corrected chi connectivity index (χ4v) is 6.34. The lowest BCUT2D eigenvalue weighted by Gasteiger charge is -2.24. The summed E-state index contributed by atoms with van der Waals surface area (Å²) in [6, 6.07) is 19.4. The van der Waals surface area contributed by atoms with Crippen LogP contribution in [0.3, 0.4) is 0 Å². The maximum absolute atomic E-state index is 13.4. The number of rotatable bonds is 6. The van der Waals surface area contributed by atoms with Gasteiger partial charge in [-0.25, -0.2) is 9.97 Å². The van der Waals surface area contributed by atoms with E-state index in [1.54, 1.807) is 29.3 Å². The van der Waals surface area contributed by atoms with Crippen molar-refractivity contribution < 1.29 is 4.79 Å². The van der Waals surface area contributed by atoms with E-state index in [0.29, 0.717) is 6.54 Å². The van der Waals surface area contributed by atoms with Crippen LogP contribution in [0.1, 0.15) is 17.0 Å². The molecule has 0 radical (unpaired) electrons. The molecule has 1 amide bonds. The third-order valence-corrected chi connectivity index (χ3v) is 8.16. The predicted octanol–water partition coefficient (Wildman–Crippen LogP) is 6.03. The predicted molar refractivity (Wildman–Crippen MR) is 137 cm³/mol. The standard InChI is InChI=1S/C25H23ClN4OS2/c1-16-28-21-12-18(9-10-23(21)32-16)29-25(31)22-13-19(33-24-8-4-5-11-27-24)15-30(22)14-17-6-2-3-7-20(17)26/h2-12,19,22H,13-15H2,1H3,(H,29,31)/t19-,22+/m1/s1. The van der Waals surface area contributed by atoms with Crippen molar-refractivity contribution in [2.45, 2.75) is 36.2 Å². The molecule has 2 atom stereocenters. The Morgan fingerprint density at radius 3 is 2.88 bits per heavy atom. The largest absolute Gasteiger partial charge is 0.325 e. The van der Waals surface area contributed by atoms with E-state index >= 15 is 0 Å². The molecule has 1 fully saturated rings. The van der Waals surface area contributed by atoms with Crippen molar-refractivity contribution in [1.29, 1.82) is 0 Å². The van der Waals surface area contributed by atoms with Gasteiger partial charge in [0.1, 0.15) is 0 Å². The zero-order valence-corrected chi connectivity index (χ0v) is 20.5. The van der Waals surface area contributed by atoms with E-state index < -0.39 is 0 Å². The molecule has 0 aliphatic carbocycles. The second-order valence-electron chi connectivity index (χ2n) is 8.08. The first-order valence-corrected chi connectivity index (χ1v) is 12.9. The SMILES string of the molecule is Cc1nc2cc(NC(=O)[C@@H]3C[C@@H](Sc4ccccn4)CN3Cc3ccccc3Cl)ccc2s1. The van der Waals surface area contributed by atoms with Gasteiger partial charge in [0, 0.05) is 35.2 Å². The molecule has 4 aromatic rings. The highest BCUT2D eigenvalue weighted by Gasteiger charge is 2.37. The number of anilines is 1. The molecule has 8 heteroatoms. The van der Waals surface area contributed by atoms with Crippen molar-refractivity contribution in [1.82, 2.24) is 14.9 Å². The first kappa shape index (κ1) is 22.3. The van der Waals surface area contributed by atoms with E-state index in [1.807, 2.05) is 67.6 Å². The molecule has 0 bridgehead atoms. The quantitative estimate of drug-likeness (QED) is 0.355. The molecule has 3 heterocycles. The maximum atomic E-state index is 13.4. The average molecular weight is 495 g/mol. The molecule has 168 valence electrons. The summed E-state index contributed by atoms with van der Waals surface area (Å²) in [4.78, 5) is 24.6. The summed E-state index contributed by atoms with van der Waals surface area (Å²) in [5, 5.41) is 6.11. The number of amides is 1. The van der Waals surface area contributed by atoms with Crippen molar-refractivity contribution in [2.75, 3.05) is 11.9 Å². The first-order valence-electron chi connectivity index (χ1n) is 10.8. The summed E-state index contributed by atoms with van der Waals surface area (Å²) in [6.07, 6.45) is 2.55. The number of thioether (sulfide) groups is 1. The van der Waals surface area contributed by atoms with Gasteiger partial charge >= 0.3 is 0 Å². The summed E-state index contributed by atoms with van der Waals surface area (Å²) >= 11 is 9.82. The van der Waals surface area contributed by atoms with Crippen LogP contribution in [0.15, 0.2) is 71.9 Å². The number of nitrogens with zero attached hydrogens (tertiary/aromatic N) is 3. The van der Waals surface area contributed by atoms with Crippen LogP contribution < -0.4 is 5.32 Å². The average Bonchev–Trinajstić information content (AvgIpc) is 3.38. The van der Waals surface area contributed by atoms with Gasteiger partial charge in [-0.05, 0) is 55.3 Å². The van der Waals surface area contributed by atoms with E-state index in [1.165, 1.54) is 0 Å². The number of carbonyl (C=O) groups excluding carboxylic acids is 1. The second-order valence-corrected chi connectivity index (χ2v) is 11.0. The fourth-order valence-electron chi connectivity index (χ4n) is 4.17. The number of aryl methyl sites for hydroxylation is 1. The van der Waals surface area contributed by atoms with Crippen LogP contribution in [0.25, 0.3) is 10.2 Å². The first-order chi connectivity index (χ1) is 16.0. The Morgan fingerprint density at radius 2 is 2.06 bits per heavy atom. The highest BCUT2D eigenvalue weighted by molar-refractivity contribution is 7.99. The molecule has 2 aromatic carbocycles. The van der Waals surface area contributed by atoms with Crippen molar-refractivity contribution >= 4 is 56.5 Å². The summed E-state index contributed by atoms with van der Waals surface area (Å²) in [7, 11) is 0. The van der Waals surface area contributed by atoms with Crippen molar-refractivity contribution in [2.24, 2.45) is 0 Å². The Balaban J connectivity index is 1.35. The molecule has 1 aliphatic rings. The summed E-state index contributed by atoms with van der Waals surface area (Å²) in [6.45, 7) is 3.41. The molecule has 5 nitrogen and oxygen atoms in total. The van der Waals surface area contributed by atoms with E-state index in [4.69, 9.17) is 11.6 Å². The van der Waals surface area contributed by atoms with Crippen LogP contribution in [0, 0.1) is 6.92 Å². The number of aromatic nitrogens is 2. The number of fused-ring (bicyclic) bond motifs is 1. The Labute approximate surface area is 206 Å². The summed E-state index contributed by atoms with van der Waals surface area (Å²) < 4.78 is 1.12. The number of hydrogen-bond acceptors (Lipinski definition) is 6. The summed E-state index contributed by atoms with van der Waals surface area (Å²) in [5.74, 6) is -0.00234. The van der Waals surface area contributed by atoms with Crippen molar-refractivity contribution in [3.05, 3.63) is 82.5 Å². The van der Waals surface area contributed by atoms with Gasteiger partial charge in [0.25, 0.3) is 0 Å². The summed E-state index contributed by atoms with van der Waals surface area (Å²) in [5.41, 5.74) is 2.72. The molecule has 0 spiro atoms. The Morgan fingerprint density at radius 1 is 1.21 bits per heavy atom. The molecule has 1 aliphatic heterocycles. The number of benzene rings is 2. The molecule has 0 saturated carbocycles. The zero-order chi connectivity index (χ0) is 22.8. The minimum atomic E-state index is -0.254. The smallest absolute Gasteiger partial charge is 0.241 e. The second kappa shape index (κ2) is 9.81. The van der Waals surface area contributed by atoms with Crippen LogP contribution in [0.5, 0.6) is 0 Å². The molecule has 1 N–H and O–H groups in total. The molecule has 2 aromatic heterocycles. The van der Waals surface area contributed by atoms with E-state index in [9.17, 15) is 4.79 Å². The Kier molecular flexibility index (Phi) is 6.64. The van der Waals surface area contributed by atoms with Gasteiger partial charge in [-0.15, -0.1) is 23.1 Å². The number of thiazole rings is 1. The van der Waals surface area contributed by atoms with E-state index in [2.05, 4.69) is 20.2 Å². The van der Waals surface area contributed by atoms with Gasteiger partial charge in [-0.1, -0.05) is 35.9 Å². The number of hydrogen-bond donors (Lipinski definition) is 1. The van der Waals surface area contributed by atoms with Crippen LogP contribution in [-0.2, 0) is 11.3 Å². The number of carbonyl (C=O) groups is 1. The molecule has 5 rings (SSSR count). The number of likely N-dealkylation sites (tertiary alicyclic amines) is 1. The van der Waals surface area contributed by atoms with Gasteiger partial charge < -0.3 is 5.32 Å². The van der Waals surface area contributed by atoms with E-state index in [-0.39, 0.29) is 17.2 Å². The van der Waals surface area contributed by atoms with Crippen LogP contribution in [-0.4, -0.2) is 38.6 Å². The third kappa shape index (κ3) is 5.22. The Hall–Kier alpha value is -2.45. The number of nitrogens with one attached hydrogen (secondary N) is 1. The van der Waals surface area contributed by atoms with Gasteiger partial charge in [0.05, 0.1) is 26.3 Å². The lowest BCUT2D eigenvalue weighted by atomic mass is 10.1. The van der Waals surface area contributed by atoms with Gasteiger partial charge in [0.2, 0.25) is 5.91 Å². The van der Waals surface area contributed by atoms with Crippen molar-refractivity contribution in [3.63, 3.8) is 0 Å². The van der Waals surface area contributed by atoms with Crippen LogP contribution in [0.4, 0.5) is 5.69 Å². The highest BCUT2D eigenvalue weighted by Crippen LogP contribution is 2.34. The van der Waals surface area contributed by atoms with Crippen molar-refractivity contribution in [3.8, 4) is 0 Å². The molecule has 0 unspecified atom stereocenters. The van der Waals surface area contributed by atoms with Crippen LogP contribution >= 0.6 is 34.7 Å². The molecule has 1 saturated heterocycles. The lowest BCUT2D eigenvalue weighted by Crippen LogP contribution is -2.39. The fraction of sp³-hybridized carbons (Fsp3) is 0.240. The maximum Gasteiger partial charge on any atom is 0.241 e. The van der Waals surface area contributed by atoms with E-state index in [0.717, 1.165) is 49.5 Å². The molecule has 33 heavy (non-hydrogen) atoms. The highest BCUT2D eigenvalue weighted by atomic mass is 35.5. The van der Waals surface area contributed by atoms with Gasteiger partial charge in [-0.2, -0.15) is 0 Å².